The van der Waals surface area contributed by atoms with Crippen molar-refractivity contribution in [2.24, 2.45) is 0 Å². The average molecular weight is 439 g/mol. The Bertz CT molecular complexity index is 719. The van der Waals surface area contributed by atoms with Crippen molar-refractivity contribution in [2.75, 3.05) is 19.6 Å². The highest BCUT2D eigenvalue weighted by atomic mass is 35.5. The summed E-state index contributed by atoms with van der Waals surface area (Å²) in [5.74, 6) is 0.174. The number of ketones is 1. The minimum Gasteiger partial charge on any atom is -1.00 e. The molecular formula is C23H32Cl2N2O2. The monoisotopic (exact) mass is 438 g/mol. The Kier molecular flexibility index (Phi) is 11.5. The predicted molar refractivity (Wildman–Crippen MR) is 107 cm³/mol. The van der Waals surface area contributed by atoms with Crippen molar-refractivity contribution in [2.45, 2.75) is 44.8 Å². The molecular weight excluding hydrogens is 407 g/mol. The van der Waals surface area contributed by atoms with Gasteiger partial charge in [-0.25, -0.2) is 0 Å². The Hall–Kier alpha value is -1.43. The first-order valence-corrected chi connectivity index (χ1v) is 10.2. The van der Waals surface area contributed by atoms with Crippen molar-refractivity contribution < 1.29 is 44.9 Å². The normalized spacial score (nSPS) is 16.2. The number of Topliss-reactive ketones (excluding diaryl/α,β-unsaturated/α-hetero) is 1. The topological polar surface area (TPSA) is 58.3 Å². The third-order valence-electron chi connectivity index (χ3n) is 5.62. The lowest BCUT2D eigenvalue weighted by Gasteiger charge is -2.23. The number of quaternary nitrogens is 2. The zero-order valence-electron chi connectivity index (χ0n) is 17.0. The van der Waals surface area contributed by atoms with Crippen molar-refractivity contribution in [3.05, 3.63) is 65.7 Å². The summed E-state index contributed by atoms with van der Waals surface area (Å²) in [7, 11) is 0. The van der Waals surface area contributed by atoms with E-state index in [2.05, 4.69) is 17.4 Å². The van der Waals surface area contributed by atoms with E-state index in [1.54, 1.807) is 0 Å². The molecule has 0 amide bonds. The van der Waals surface area contributed by atoms with Crippen LogP contribution < -0.4 is 35.0 Å². The highest BCUT2D eigenvalue weighted by molar-refractivity contribution is 5.96. The molecule has 0 aliphatic carbocycles. The fourth-order valence-electron chi connectivity index (χ4n) is 3.86. The highest BCUT2D eigenvalue weighted by Crippen LogP contribution is 2.14. The number of benzene rings is 2. The van der Waals surface area contributed by atoms with E-state index in [0.29, 0.717) is 13.0 Å². The molecule has 0 bridgehead atoms. The van der Waals surface area contributed by atoms with E-state index in [1.807, 2.05) is 49.4 Å². The lowest BCUT2D eigenvalue weighted by Crippen LogP contribution is -3.08. The smallest absolute Gasteiger partial charge is 0.168 e. The van der Waals surface area contributed by atoms with Gasteiger partial charge in [0, 0.05) is 5.56 Å². The molecule has 2 unspecified atom stereocenters. The Labute approximate surface area is 186 Å². The van der Waals surface area contributed by atoms with E-state index in [0.717, 1.165) is 11.1 Å². The Morgan fingerprint density at radius 2 is 1.62 bits per heavy atom. The second kappa shape index (κ2) is 13.0. The molecule has 0 spiro atoms. The second-order valence-electron chi connectivity index (χ2n) is 7.65. The van der Waals surface area contributed by atoms with Gasteiger partial charge in [-0.2, -0.15) is 0 Å². The van der Waals surface area contributed by atoms with Crippen molar-refractivity contribution >= 4 is 11.5 Å². The van der Waals surface area contributed by atoms with Gasteiger partial charge in [0.2, 0.25) is 0 Å². The molecule has 4 N–H and O–H groups in total. The fraction of sp³-hybridized carbons (Fsp3) is 0.435. The van der Waals surface area contributed by atoms with Crippen LogP contribution in [-0.2, 0) is 0 Å². The first-order chi connectivity index (χ1) is 13.1. The van der Waals surface area contributed by atoms with Gasteiger partial charge in [-0.05, 0) is 56.0 Å². The van der Waals surface area contributed by atoms with Crippen LogP contribution >= 0.6 is 0 Å². The third-order valence-corrected chi connectivity index (χ3v) is 5.62. The summed E-state index contributed by atoms with van der Waals surface area (Å²) in [5.41, 5.74) is 3.01. The van der Waals surface area contributed by atoms with Gasteiger partial charge in [0.15, 0.2) is 5.78 Å². The van der Waals surface area contributed by atoms with Gasteiger partial charge < -0.3 is 40.1 Å². The quantitative estimate of drug-likeness (QED) is 0.365. The molecule has 0 aromatic heterocycles. The van der Waals surface area contributed by atoms with Gasteiger partial charge in [-0.1, -0.05) is 30.3 Å². The molecule has 29 heavy (non-hydrogen) atoms. The van der Waals surface area contributed by atoms with E-state index in [-0.39, 0.29) is 36.6 Å². The van der Waals surface area contributed by atoms with Crippen LogP contribution in [0.1, 0.15) is 54.6 Å². The van der Waals surface area contributed by atoms with Crippen LogP contribution in [0.25, 0.3) is 0 Å². The molecule has 1 aliphatic rings. The zero-order chi connectivity index (χ0) is 19.1. The highest BCUT2D eigenvalue weighted by Gasteiger charge is 2.20. The average Bonchev–Trinajstić information content (AvgIpc) is 2.74. The Morgan fingerprint density at radius 3 is 2.24 bits per heavy atom. The van der Waals surface area contributed by atoms with Crippen LogP contribution in [0.2, 0.25) is 0 Å². The van der Waals surface area contributed by atoms with E-state index in [4.69, 9.17) is 0 Å². The van der Waals surface area contributed by atoms with Crippen molar-refractivity contribution in [3.8, 4) is 0 Å². The van der Waals surface area contributed by atoms with Gasteiger partial charge in [-0.15, -0.1) is 0 Å². The van der Waals surface area contributed by atoms with Crippen molar-refractivity contribution in [1.29, 1.82) is 0 Å². The summed E-state index contributed by atoms with van der Waals surface area (Å²) < 4.78 is 0. The molecule has 1 fully saturated rings. The van der Waals surface area contributed by atoms with Crippen LogP contribution in [-0.4, -0.2) is 36.6 Å². The molecule has 2 aromatic carbocycles. The Morgan fingerprint density at radius 1 is 1.00 bits per heavy atom. The minimum absolute atomic E-state index is 0. The molecule has 3 rings (SSSR count). The van der Waals surface area contributed by atoms with E-state index in [1.165, 1.54) is 42.9 Å². The molecule has 0 radical (unpaired) electrons. The number of aliphatic hydroxyl groups is 1. The number of rotatable bonds is 8. The van der Waals surface area contributed by atoms with Crippen LogP contribution in [0.3, 0.4) is 0 Å². The van der Waals surface area contributed by atoms with Gasteiger partial charge in [0.25, 0.3) is 0 Å². The molecule has 1 aliphatic heterocycles. The number of carbonyl (C=O) groups is 1. The zero-order valence-corrected chi connectivity index (χ0v) is 18.5. The maximum Gasteiger partial charge on any atom is 0.168 e. The SMILES string of the molecule is CC([NH2+]CCC(=O)c1ccc([NH+]2CCCCC2)cc1)C(O)c1ccccc1.[Cl-].[Cl-]. The van der Waals surface area contributed by atoms with E-state index in [9.17, 15) is 9.90 Å². The molecule has 160 valence electrons. The van der Waals surface area contributed by atoms with Crippen molar-refractivity contribution in [1.82, 2.24) is 0 Å². The van der Waals surface area contributed by atoms with Crippen molar-refractivity contribution in [3.63, 3.8) is 0 Å². The van der Waals surface area contributed by atoms with Gasteiger partial charge >= 0.3 is 0 Å². The standard InChI is InChI=1S/C23H30N2O2.2ClH/c1-18(23(27)20-8-4-2-5-9-20)24-15-14-22(26)19-10-12-21(13-11-19)25-16-6-3-7-17-25;;/h2,4-5,8-13,18,23-24,27H,3,6-7,14-17H2,1H3;2*1H. The summed E-state index contributed by atoms with van der Waals surface area (Å²) in [6.07, 6.45) is 3.89. The maximum absolute atomic E-state index is 12.5. The van der Waals surface area contributed by atoms with Crippen LogP contribution in [0.15, 0.2) is 54.6 Å². The lowest BCUT2D eigenvalue weighted by atomic mass is 10.0. The molecule has 6 heteroatoms. The summed E-state index contributed by atoms with van der Waals surface area (Å²) in [4.78, 5) is 14.0. The number of carbonyl (C=O) groups excluding carboxylic acids is 1. The summed E-state index contributed by atoms with van der Waals surface area (Å²) in [6, 6.07) is 17.9. The number of hydrogen-bond donors (Lipinski definition) is 3. The summed E-state index contributed by atoms with van der Waals surface area (Å²) >= 11 is 0. The Balaban J connectivity index is 0.00000210. The van der Waals surface area contributed by atoms with Crippen LogP contribution in [0, 0.1) is 0 Å². The number of nitrogens with two attached hydrogens (primary N) is 1. The minimum atomic E-state index is -0.520. The predicted octanol–water partition coefficient (Wildman–Crippen LogP) is -4.35. The fourth-order valence-corrected chi connectivity index (χ4v) is 3.86. The third kappa shape index (κ3) is 7.40. The molecule has 2 atom stereocenters. The molecule has 2 aromatic rings. The lowest BCUT2D eigenvalue weighted by molar-refractivity contribution is -0.838. The largest absolute Gasteiger partial charge is 1.00 e. The van der Waals surface area contributed by atoms with E-state index < -0.39 is 6.10 Å². The summed E-state index contributed by atoms with van der Waals surface area (Å²) in [6.45, 7) is 5.08. The maximum atomic E-state index is 12.5. The number of piperidine rings is 1. The molecule has 4 nitrogen and oxygen atoms in total. The summed E-state index contributed by atoms with van der Waals surface area (Å²) in [5, 5.41) is 12.5. The first kappa shape index (κ1) is 25.6. The molecule has 1 heterocycles. The number of hydrogen-bond acceptors (Lipinski definition) is 2. The molecule has 1 saturated heterocycles. The van der Waals surface area contributed by atoms with Gasteiger partial charge in [-0.3, -0.25) is 4.79 Å². The number of aliphatic hydroxyl groups excluding tert-OH is 1. The first-order valence-electron chi connectivity index (χ1n) is 10.2. The van der Waals surface area contributed by atoms with Gasteiger partial charge in [0.05, 0.1) is 26.1 Å². The van der Waals surface area contributed by atoms with E-state index >= 15 is 0 Å². The van der Waals surface area contributed by atoms with Gasteiger partial charge in [0.1, 0.15) is 17.8 Å². The second-order valence-corrected chi connectivity index (χ2v) is 7.65. The number of halogens is 2. The van der Waals surface area contributed by atoms with Crippen LogP contribution in [0.5, 0.6) is 0 Å². The molecule has 0 saturated carbocycles. The number of nitrogens with one attached hydrogen (secondary N) is 1. The van der Waals surface area contributed by atoms with Crippen LogP contribution in [0.4, 0.5) is 5.69 Å².